The molecule has 2 rings (SSSR count). The van der Waals surface area contributed by atoms with Crippen molar-refractivity contribution in [2.75, 3.05) is 6.54 Å². The number of halogens is 2. The summed E-state index contributed by atoms with van der Waals surface area (Å²) < 4.78 is 1.41. The Labute approximate surface area is 142 Å². The van der Waals surface area contributed by atoms with Gasteiger partial charge in [-0.3, -0.25) is 9.59 Å². The Morgan fingerprint density at radius 2 is 1.91 bits per heavy atom. The van der Waals surface area contributed by atoms with E-state index in [1.165, 1.54) is 4.68 Å². The number of benzene rings is 1. The third kappa shape index (κ3) is 3.80. The van der Waals surface area contributed by atoms with Gasteiger partial charge in [-0.1, -0.05) is 43.1 Å². The maximum atomic E-state index is 12.0. The number of amides is 1. The van der Waals surface area contributed by atoms with E-state index in [1.807, 2.05) is 13.8 Å². The van der Waals surface area contributed by atoms with Crippen LogP contribution in [0.4, 0.5) is 0 Å². The van der Waals surface area contributed by atoms with Gasteiger partial charge in [-0.15, -0.1) is 5.10 Å². The van der Waals surface area contributed by atoms with E-state index in [0.29, 0.717) is 21.6 Å². The number of aromatic nitrogens is 3. The highest BCUT2D eigenvalue weighted by atomic mass is 35.5. The van der Waals surface area contributed by atoms with Crippen molar-refractivity contribution in [3.8, 4) is 5.69 Å². The number of nitrogens with one attached hydrogen (secondary N) is 1. The minimum absolute atomic E-state index is 0.0594. The van der Waals surface area contributed by atoms with Gasteiger partial charge in [-0.05, 0) is 12.1 Å². The third-order valence-electron chi connectivity index (χ3n) is 2.90. The molecule has 1 aromatic heterocycles. The zero-order chi connectivity index (χ0) is 17.1. The highest BCUT2D eigenvalue weighted by Gasteiger charge is 2.22. The average molecular weight is 357 g/mol. The van der Waals surface area contributed by atoms with Gasteiger partial charge in [0.25, 0.3) is 5.91 Å². The van der Waals surface area contributed by atoms with Crippen LogP contribution in [-0.2, 0) is 4.79 Å². The van der Waals surface area contributed by atoms with Gasteiger partial charge >= 0.3 is 5.97 Å². The van der Waals surface area contributed by atoms with Crippen LogP contribution < -0.4 is 5.32 Å². The maximum Gasteiger partial charge on any atom is 0.322 e. The predicted octanol–water partition coefficient (Wildman–Crippen LogP) is 2.51. The fraction of sp³-hybridized carbons (Fsp3) is 0.286. The molecule has 9 heteroatoms. The number of nitrogens with zero attached hydrogens (tertiary/aromatic N) is 3. The van der Waals surface area contributed by atoms with Crippen LogP contribution in [0.5, 0.6) is 0 Å². The summed E-state index contributed by atoms with van der Waals surface area (Å²) in [6.45, 7) is 3.24. The molecule has 1 heterocycles. The highest BCUT2D eigenvalue weighted by Crippen LogP contribution is 2.30. The molecule has 2 N–H and O–H groups in total. The number of carbonyl (C=O) groups excluding carboxylic acids is 1. The summed E-state index contributed by atoms with van der Waals surface area (Å²) in [6.07, 6.45) is 0. The smallest absolute Gasteiger partial charge is 0.322 e. The van der Waals surface area contributed by atoms with Crippen LogP contribution in [0, 0.1) is 0 Å². The van der Waals surface area contributed by atoms with Gasteiger partial charge in [0.15, 0.2) is 0 Å². The van der Waals surface area contributed by atoms with E-state index < -0.39 is 18.4 Å². The van der Waals surface area contributed by atoms with Gasteiger partial charge < -0.3 is 10.4 Å². The quantitative estimate of drug-likeness (QED) is 0.857. The van der Waals surface area contributed by atoms with Crippen LogP contribution in [-0.4, -0.2) is 38.3 Å². The van der Waals surface area contributed by atoms with Crippen LogP contribution in [0.3, 0.4) is 0 Å². The Balaban J connectivity index is 2.48. The molecule has 0 saturated heterocycles. The van der Waals surface area contributed by atoms with E-state index in [2.05, 4.69) is 15.4 Å². The molecular formula is C14H14Cl2N4O3. The molecule has 0 unspecified atom stereocenters. The molecule has 2 aromatic rings. The second-order valence-corrected chi connectivity index (χ2v) is 5.82. The highest BCUT2D eigenvalue weighted by molar-refractivity contribution is 6.37. The summed E-state index contributed by atoms with van der Waals surface area (Å²) in [5, 5.41) is 15.7. The lowest BCUT2D eigenvalue weighted by Gasteiger charge is -2.11. The van der Waals surface area contributed by atoms with Crippen molar-refractivity contribution < 1.29 is 14.7 Å². The lowest BCUT2D eigenvalue weighted by molar-refractivity contribution is -0.135. The summed E-state index contributed by atoms with van der Waals surface area (Å²) >= 11 is 12.4. The van der Waals surface area contributed by atoms with Crippen LogP contribution in [0.15, 0.2) is 18.2 Å². The number of para-hydroxylation sites is 1. The van der Waals surface area contributed by atoms with Crippen LogP contribution in [0.2, 0.25) is 10.0 Å². The lowest BCUT2D eigenvalue weighted by Crippen LogP contribution is -2.30. The molecule has 0 aliphatic carbocycles. The first-order valence-electron chi connectivity index (χ1n) is 6.72. The zero-order valence-corrected chi connectivity index (χ0v) is 13.9. The van der Waals surface area contributed by atoms with Gasteiger partial charge in [0, 0.05) is 5.92 Å². The van der Waals surface area contributed by atoms with Crippen molar-refractivity contribution in [3.63, 3.8) is 0 Å². The second-order valence-electron chi connectivity index (χ2n) is 5.01. The van der Waals surface area contributed by atoms with E-state index in [9.17, 15) is 9.59 Å². The molecule has 0 bridgehead atoms. The van der Waals surface area contributed by atoms with Gasteiger partial charge in [0.2, 0.25) is 5.82 Å². The van der Waals surface area contributed by atoms with Crippen LogP contribution in [0.25, 0.3) is 5.69 Å². The summed E-state index contributed by atoms with van der Waals surface area (Å²) in [5.74, 6) is -1.56. The number of aliphatic carboxylic acids is 1. The number of carboxylic acid groups (broad SMARTS) is 1. The minimum atomic E-state index is -1.16. The summed E-state index contributed by atoms with van der Waals surface area (Å²) in [6, 6.07) is 5.00. The number of hydrogen-bond donors (Lipinski definition) is 2. The van der Waals surface area contributed by atoms with Crippen molar-refractivity contribution in [1.82, 2.24) is 20.1 Å². The standard InChI is InChI=1S/C14H14Cl2N4O3/c1-7(2)13-18-12(14(23)17-6-10(21)22)19-20(13)11-8(15)4-3-5-9(11)16/h3-5,7H,6H2,1-2H3,(H,17,23)(H,21,22). The topological polar surface area (TPSA) is 97.1 Å². The van der Waals surface area contributed by atoms with E-state index in [-0.39, 0.29) is 11.7 Å². The molecule has 23 heavy (non-hydrogen) atoms. The van der Waals surface area contributed by atoms with Gasteiger partial charge in [0.1, 0.15) is 18.1 Å². The van der Waals surface area contributed by atoms with Crippen molar-refractivity contribution in [2.45, 2.75) is 19.8 Å². The monoisotopic (exact) mass is 356 g/mol. The third-order valence-corrected chi connectivity index (χ3v) is 3.51. The number of hydrogen-bond acceptors (Lipinski definition) is 4. The van der Waals surface area contributed by atoms with E-state index in [4.69, 9.17) is 28.3 Å². The van der Waals surface area contributed by atoms with Crippen LogP contribution >= 0.6 is 23.2 Å². The Kier molecular flexibility index (Phi) is 5.23. The fourth-order valence-electron chi connectivity index (χ4n) is 1.88. The molecule has 7 nitrogen and oxygen atoms in total. The minimum Gasteiger partial charge on any atom is -0.480 e. The Morgan fingerprint density at radius 1 is 1.30 bits per heavy atom. The number of carbonyl (C=O) groups is 2. The summed E-state index contributed by atoms with van der Waals surface area (Å²) in [7, 11) is 0. The predicted molar refractivity (Wildman–Crippen MR) is 85.4 cm³/mol. The molecular weight excluding hydrogens is 343 g/mol. The summed E-state index contributed by atoms with van der Waals surface area (Å²) in [5.41, 5.74) is 0.421. The fourth-order valence-corrected chi connectivity index (χ4v) is 2.44. The molecule has 0 aliphatic heterocycles. The molecule has 122 valence electrons. The largest absolute Gasteiger partial charge is 0.480 e. The number of rotatable bonds is 5. The SMILES string of the molecule is CC(C)c1nc(C(=O)NCC(=O)O)nn1-c1c(Cl)cccc1Cl. The van der Waals surface area contributed by atoms with Gasteiger partial charge in [-0.2, -0.15) is 0 Å². The molecule has 0 fully saturated rings. The maximum absolute atomic E-state index is 12.0. The average Bonchev–Trinajstić information content (AvgIpc) is 2.89. The Hall–Kier alpha value is -2.12. The Morgan fingerprint density at radius 3 is 2.43 bits per heavy atom. The normalized spacial score (nSPS) is 10.8. The molecule has 1 amide bonds. The zero-order valence-electron chi connectivity index (χ0n) is 12.4. The first kappa shape index (κ1) is 17.2. The molecule has 0 spiro atoms. The first-order chi connectivity index (χ1) is 10.8. The van der Waals surface area contributed by atoms with Crippen molar-refractivity contribution in [1.29, 1.82) is 0 Å². The van der Waals surface area contributed by atoms with Gasteiger partial charge in [-0.25, -0.2) is 9.67 Å². The molecule has 0 saturated carbocycles. The molecule has 0 atom stereocenters. The van der Waals surface area contributed by atoms with E-state index in [0.717, 1.165) is 0 Å². The second kappa shape index (κ2) is 6.97. The van der Waals surface area contributed by atoms with Crippen molar-refractivity contribution in [2.24, 2.45) is 0 Å². The molecule has 0 aliphatic rings. The molecule has 0 radical (unpaired) electrons. The first-order valence-corrected chi connectivity index (χ1v) is 7.48. The lowest BCUT2D eigenvalue weighted by atomic mass is 10.2. The van der Waals surface area contributed by atoms with E-state index in [1.54, 1.807) is 18.2 Å². The number of carboxylic acids is 1. The van der Waals surface area contributed by atoms with Crippen LogP contribution in [0.1, 0.15) is 36.2 Å². The molecule has 1 aromatic carbocycles. The summed E-state index contributed by atoms with van der Waals surface area (Å²) in [4.78, 5) is 26.7. The van der Waals surface area contributed by atoms with E-state index >= 15 is 0 Å². The van der Waals surface area contributed by atoms with Crippen molar-refractivity contribution in [3.05, 3.63) is 39.9 Å². The van der Waals surface area contributed by atoms with Crippen molar-refractivity contribution >= 4 is 35.1 Å². The Bertz CT molecular complexity index is 738. The van der Waals surface area contributed by atoms with Gasteiger partial charge in [0.05, 0.1) is 10.0 Å².